The Labute approximate surface area is 152 Å². The van der Waals surface area contributed by atoms with Crippen molar-refractivity contribution in [3.63, 3.8) is 0 Å². The number of halogens is 1. The number of amides is 2. The fraction of sp³-hybridized carbons (Fsp3) is 0.300. The van der Waals surface area contributed by atoms with Crippen LogP contribution >= 0.6 is 0 Å². The molecule has 0 radical (unpaired) electrons. The predicted octanol–water partition coefficient (Wildman–Crippen LogP) is 2.84. The molecule has 26 heavy (non-hydrogen) atoms. The average Bonchev–Trinajstić information content (AvgIpc) is 2.61. The van der Waals surface area contributed by atoms with Gasteiger partial charge in [-0.25, -0.2) is 4.39 Å². The smallest absolute Gasteiger partial charge is 0.251 e. The van der Waals surface area contributed by atoms with E-state index < -0.39 is 5.82 Å². The van der Waals surface area contributed by atoms with Gasteiger partial charge in [-0.3, -0.25) is 9.59 Å². The van der Waals surface area contributed by atoms with E-state index in [0.717, 1.165) is 11.1 Å². The van der Waals surface area contributed by atoms with Crippen LogP contribution in [0.2, 0.25) is 0 Å². The van der Waals surface area contributed by atoms with Gasteiger partial charge in [-0.15, -0.1) is 0 Å². The van der Waals surface area contributed by atoms with E-state index in [-0.39, 0.29) is 30.7 Å². The largest absolute Gasteiger partial charge is 0.494 e. The van der Waals surface area contributed by atoms with Gasteiger partial charge in [0.15, 0.2) is 11.6 Å². The van der Waals surface area contributed by atoms with E-state index in [9.17, 15) is 14.0 Å². The second-order valence-corrected chi connectivity index (χ2v) is 6.20. The molecular weight excluding hydrogens is 335 g/mol. The minimum atomic E-state index is -0.478. The van der Waals surface area contributed by atoms with E-state index in [1.54, 1.807) is 25.2 Å². The number of ether oxygens (including phenoxy) is 1. The molecule has 0 atom stereocenters. The van der Waals surface area contributed by atoms with Crippen LogP contribution in [0.25, 0.3) is 0 Å². The van der Waals surface area contributed by atoms with Crippen LogP contribution in [0.1, 0.15) is 27.0 Å². The summed E-state index contributed by atoms with van der Waals surface area (Å²) in [4.78, 5) is 25.8. The SMILES string of the molecule is COc1ccc(CN(C)C(=O)CNC(=O)c2ccc(C)c(C)c2)cc1F. The van der Waals surface area contributed by atoms with E-state index in [4.69, 9.17) is 4.74 Å². The van der Waals surface area contributed by atoms with Gasteiger partial charge in [-0.05, 0) is 54.8 Å². The number of rotatable bonds is 6. The van der Waals surface area contributed by atoms with Crippen molar-refractivity contribution in [1.82, 2.24) is 10.2 Å². The Morgan fingerprint density at radius 2 is 1.85 bits per heavy atom. The predicted molar refractivity (Wildman–Crippen MR) is 97.7 cm³/mol. The number of benzene rings is 2. The number of likely N-dealkylation sites (N-methyl/N-ethyl adjacent to an activating group) is 1. The maximum absolute atomic E-state index is 13.7. The molecule has 138 valence electrons. The molecule has 5 nitrogen and oxygen atoms in total. The second kappa shape index (κ2) is 8.47. The molecule has 0 saturated heterocycles. The number of carbonyl (C=O) groups excluding carboxylic acids is 2. The van der Waals surface area contributed by atoms with Crippen molar-refractivity contribution in [2.24, 2.45) is 0 Å². The number of hydrogen-bond donors (Lipinski definition) is 1. The normalized spacial score (nSPS) is 10.3. The van der Waals surface area contributed by atoms with Crippen LogP contribution in [0.5, 0.6) is 5.75 Å². The highest BCUT2D eigenvalue weighted by Gasteiger charge is 2.13. The highest BCUT2D eigenvalue weighted by atomic mass is 19.1. The summed E-state index contributed by atoms with van der Waals surface area (Å²) in [5.74, 6) is -0.888. The van der Waals surface area contributed by atoms with Crippen LogP contribution in [-0.2, 0) is 11.3 Å². The molecular formula is C20H23FN2O3. The van der Waals surface area contributed by atoms with Crippen LogP contribution in [0.15, 0.2) is 36.4 Å². The summed E-state index contributed by atoms with van der Waals surface area (Å²) in [5.41, 5.74) is 3.27. The summed E-state index contributed by atoms with van der Waals surface area (Å²) in [6.45, 7) is 4.01. The van der Waals surface area contributed by atoms with E-state index in [1.807, 2.05) is 19.9 Å². The monoisotopic (exact) mass is 358 g/mol. The molecule has 0 aromatic heterocycles. The molecule has 0 aliphatic carbocycles. The molecule has 2 rings (SSSR count). The Morgan fingerprint density at radius 1 is 1.12 bits per heavy atom. The standard InChI is InChI=1S/C20H23FN2O3/c1-13-5-7-16(9-14(13)2)20(25)22-11-19(24)23(3)12-15-6-8-18(26-4)17(21)10-15/h5-10H,11-12H2,1-4H3,(H,22,25). The summed E-state index contributed by atoms with van der Waals surface area (Å²) < 4.78 is 18.6. The third-order valence-corrected chi connectivity index (χ3v) is 4.23. The van der Waals surface area contributed by atoms with Crippen molar-refractivity contribution in [3.8, 4) is 5.75 Å². The molecule has 2 amide bonds. The van der Waals surface area contributed by atoms with Crippen molar-refractivity contribution in [3.05, 3.63) is 64.5 Å². The van der Waals surface area contributed by atoms with Crippen molar-refractivity contribution < 1.29 is 18.7 Å². The minimum absolute atomic E-state index is 0.124. The first-order chi connectivity index (χ1) is 12.3. The van der Waals surface area contributed by atoms with Crippen molar-refractivity contribution >= 4 is 11.8 Å². The molecule has 2 aromatic rings. The third kappa shape index (κ3) is 4.81. The lowest BCUT2D eigenvalue weighted by Gasteiger charge is -2.18. The van der Waals surface area contributed by atoms with Crippen LogP contribution in [-0.4, -0.2) is 37.4 Å². The average molecular weight is 358 g/mol. The zero-order valence-electron chi connectivity index (χ0n) is 15.4. The molecule has 0 heterocycles. The minimum Gasteiger partial charge on any atom is -0.494 e. The van der Waals surface area contributed by atoms with E-state index >= 15 is 0 Å². The Bertz CT molecular complexity index is 821. The first-order valence-corrected chi connectivity index (χ1v) is 8.23. The summed E-state index contributed by atoms with van der Waals surface area (Å²) >= 11 is 0. The van der Waals surface area contributed by atoms with Gasteiger partial charge in [0.1, 0.15) is 0 Å². The number of nitrogens with zero attached hydrogens (tertiary/aromatic N) is 1. The summed E-state index contributed by atoms with van der Waals surface area (Å²) in [5, 5.41) is 2.62. The van der Waals surface area contributed by atoms with Crippen molar-refractivity contribution in [2.45, 2.75) is 20.4 Å². The second-order valence-electron chi connectivity index (χ2n) is 6.20. The number of methoxy groups -OCH3 is 1. The molecule has 0 unspecified atom stereocenters. The van der Waals surface area contributed by atoms with Gasteiger partial charge in [0.05, 0.1) is 13.7 Å². The fourth-order valence-electron chi connectivity index (χ4n) is 2.45. The van der Waals surface area contributed by atoms with Crippen molar-refractivity contribution in [1.29, 1.82) is 0 Å². The number of nitrogens with one attached hydrogen (secondary N) is 1. The molecule has 0 spiro atoms. The van der Waals surface area contributed by atoms with Gasteiger partial charge in [0, 0.05) is 19.2 Å². The van der Waals surface area contributed by atoms with E-state index in [2.05, 4.69) is 5.32 Å². The third-order valence-electron chi connectivity index (χ3n) is 4.23. The zero-order chi connectivity index (χ0) is 19.3. The van der Waals surface area contributed by atoms with Crippen LogP contribution in [0, 0.1) is 19.7 Å². The van der Waals surface area contributed by atoms with E-state index in [1.165, 1.54) is 24.1 Å². The lowest BCUT2D eigenvalue weighted by molar-refractivity contribution is -0.129. The molecule has 0 saturated carbocycles. The quantitative estimate of drug-likeness (QED) is 0.864. The lowest BCUT2D eigenvalue weighted by Crippen LogP contribution is -2.37. The number of carbonyl (C=O) groups is 2. The van der Waals surface area contributed by atoms with Gasteiger partial charge >= 0.3 is 0 Å². The lowest BCUT2D eigenvalue weighted by atomic mass is 10.1. The zero-order valence-corrected chi connectivity index (χ0v) is 15.4. The molecule has 0 aliphatic rings. The van der Waals surface area contributed by atoms with Crippen LogP contribution in [0.3, 0.4) is 0 Å². The van der Waals surface area contributed by atoms with Gasteiger partial charge in [0.2, 0.25) is 5.91 Å². The van der Waals surface area contributed by atoms with Crippen LogP contribution < -0.4 is 10.1 Å². The summed E-state index contributed by atoms with van der Waals surface area (Å²) in [6, 6.07) is 9.93. The molecule has 2 aromatic carbocycles. The first-order valence-electron chi connectivity index (χ1n) is 8.23. The fourth-order valence-corrected chi connectivity index (χ4v) is 2.45. The van der Waals surface area contributed by atoms with Crippen LogP contribution in [0.4, 0.5) is 4.39 Å². The molecule has 0 fully saturated rings. The highest BCUT2D eigenvalue weighted by Crippen LogP contribution is 2.18. The molecule has 0 aliphatic heterocycles. The number of hydrogen-bond acceptors (Lipinski definition) is 3. The van der Waals surface area contributed by atoms with E-state index in [0.29, 0.717) is 11.1 Å². The highest BCUT2D eigenvalue weighted by molar-refractivity contribution is 5.96. The Morgan fingerprint density at radius 3 is 2.46 bits per heavy atom. The summed E-state index contributed by atoms with van der Waals surface area (Å²) in [6.07, 6.45) is 0. The Balaban J connectivity index is 1.91. The topological polar surface area (TPSA) is 58.6 Å². The molecule has 0 bridgehead atoms. The molecule has 1 N–H and O–H groups in total. The summed E-state index contributed by atoms with van der Waals surface area (Å²) in [7, 11) is 3.00. The van der Waals surface area contributed by atoms with Gasteiger partial charge < -0.3 is 15.0 Å². The maximum Gasteiger partial charge on any atom is 0.251 e. The van der Waals surface area contributed by atoms with Crippen molar-refractivity contribution in [2.75, 3.05) is 20.7 Å². The Kier molecular flexibility index (Phi) is 6.33. The molecule has 6 heteroatoms. The first kappa shape index (κ1) is 19.4. The van der Waals surface area contributed by atoms with Gasteiger partial charge in [-0.1, -0.05) is 12.1 Å². The maximum atomic E-state index is 13.7. The van der Waals surface area contributed by atoms with Gasteiger partial charge in [0.25, 0.3) is 5.91 Å². The number of aryl methyl sites for hydroxylation is 2. The van der Waals surface area contributed by atoms with Gasteiger partial charge in [-0.2, -0.15) is 0 Å². The Hall–Kier alpha value is -2.89.